The molecule has 0 bridgehead atoms. The second-order valence-corrected chi connectivity index (χ2v) is 6.27. The molecule has 3 nitrogen and oxygen atoms in total. The van der Waals surface area contributed by atoms with Crippen LogP contribution in [0.15, 0.2) is 0 Å². The van der Waals surface area contributed by atoms with Crippen molar-refractivity contribution in [3.63, 3.8) is 0 Å². The SMILES string of the molecule is CCCC(C)(C)NC(=O)C1CCC(C)C(N)C1. The van der Waals surface area contributed by atoms with Gasteiger partial charge in [0.05, 0.1) is 0 Å². The Kier molecular flexibility index (Phi) is 4.99. The van der Waals surface area contributed by atoms with E-state index in [-0.39, 0.29) is 23.4 Å². The van der Waals surface area contributed by atoms with E-state index in [4.69, 9.17) is 5.73 Å². The molecule has 0 aromatic heterocycles. The predicted molar refractivity (Wildman–Crippen MR) is 71.6 cm³/mol. The molecule has 17 heavy (non-hydrogen) atoms. The Morgan fingerprint density at radius 3 is 2.59 bits per heavy atom. The average molecular weight is 240 g/mol. The van der Waals surface area contributed by atoms with Crippen LogP contribution in [0.2, 0.25) is 0 Å². The highest BCUT2D eigenvalue weighted by molar-refractivity contribution is 5.79. The van der Waals surface area contributed by atoms with Crippen LogP contribution < -0.4 is 11.1 Å². The van der Waals surface area contributed by atoms with E-state index < -0.39 is 0 Å². The fraction of sp³-hybridized carbons (Fsp3) is 0.929. The van der Waals surface area contributed by atoms with Gasteiger partial charge in [-0.1, -0.05) is 20.3 Å². The Bertz CT molecular complexity index is 263. The molecular formula is C14H28N2O. The molecule has 1 rings (SSSR count). The zero-order chi connectivity index (χ0) is 13.1. The van der Waals surface area contributed by atoms with Gasteiger partial charge in [0.2, 0.25) is 5.91 Å². The highest BCUT2D eigenvalue weighted by Gasteiger charge is 2.31. The van der Waals surface area contributed by atoms with Crippen molar-refractivity contribution in [3.8, 4) is 0 Å². The Morgan fingerprint density at radius 2 is 2.06 bits per heavy atom. The van der Waals surface area contributed by atoms with Crippen LogP contribution >= 0.6 is 0 Å². The molecule has 0 aromatic carbocycles. The third kappa shape index (κ3) is 4.30. The summed E-state index contributed by atoms with van der Waals surface area (Å²) in [5.41, 5.74) is 5.96. The molecule has 1 amide bonds. The molecule has 0 heterocycles. The molecule has 100 valence electrons. The Balaban J connectivity index is 2.48. The van der Waals surface area contributed by atoms with E-state index in [0.717, 1.165) is 32.1 Å². The molecule has 1 aliphatic carbocycles. The van der Waals surface area contributed by atoms with Crippen LogP contribution in [0.3, 0.4) is 0 Å². The third-order valence-electron chi connectivity index (χ3n) is 3.97. The standard InChI is InChI=1S/C14H28N2O/c1-5-8-14(3,4)16-13(17)11-7-6-10(2)12(15)9-11/h10-12H,5-9,15H2,1-4H3,(H,16,17). The number of hydrogen-bond acceptors (Lipinski definition) is 2. The van der Waals surface area contributed by atoms with Crippen LogP contribution in [0.25, 0.3) is 0 Å². The molecule has 0 saturated heterocycles. The van der Waals surface area contributed by atoms with Crippen molar-refractivity contribution in [3.05, 3.63) is 0 Å². The van der Waals surface area contributed by atoms with Crippen molar-refractivity contribution in [2.75, 3.05) is 0 Å². The van der Waals surface area contributed by atoms with E-state index in [1.165, 1.54) is 0 Å². The molecule has 1 fully saturated rings. The Hall–Kier alpha value is -0.570. The minimum atomic E-state index is -0.0843. The fourth-order valence-corrected chi connectivity index (χ4v) is 2.72. The molecule has 3 unspecified atom stereocenters. The molecule has 1 aliphatic rings. The van der Waals surface area contributed by atoms with E-state index in [1.807, 2.05) is 0 Å². The molecular weight excluding hydrogens is 212 g/mol. The van der Waals surface area contributed by atoms with Crippen LogP contribution in [0.4, 0.5) is 0 Å². The highest BCUT2D eigenvalue weighted by Crippen LogP contribution is 2.28. The van der Waals surface area contributed by atoms with E-state index in [0.29, 0.717) is 5.92 Å². The van der Waals surface area contributed by atoms with Crippen molar-refractivity contribution in [2.24, 2.45) is 17.6 Å². The number of nitrogens with one attached hydrogen (secondary N) is 1. The van der Waals surface area contributed by atoms with E-state index in [1.54, 1.807) is 0 Å². The van der Waals surface area contributed by atoms with Gasteiger partial charge in [-0.2, -0.15) is 0 Å². The van der Waals surface area contributed by atoms with Gasteiger partial charge in [0.1, 0.15) is 0 Å². The lowest BCUT2D eigenvalue weighted by atomic mass is 9.79. The van der Waals surface area contributed by atoms with Crippen LogP contribution in [0.5, 0.6) is 0 Å². The summed E-state index contributed by atoms with van der Waals surface area (Å²) in [6.45, 7) is 8.52. The fourth-order valence-electron chi connectivity index (χ4n) is 2.72. The van der Waals surface area contributed by atoms with Crippen LogP contribution in [0.1, 0.15) is 59.8 Å². The average Bonchev–Trinajstić information content (AvgIpc) is 2.21. The number of carbonyl (C=O) groups excluding carboxylic acids is 1. The first-order valence-corrected chi connectivity index (χ1v) is 6.93. The maximum absolute atomic E-state index is 12.2. The van der Waals surface area contributed by atoms with Gasteiger partial charge in [-0.05, 0) is 45.4 Å². The van der Waals surface area contributed by atoms with Gasteiger partial charge in [-0.3, -0.25) is 4.79 Å². The molecule has 3 heteroatoms. The van der Waals surface area contributed by atoms with Crippen molar-refractivity contribution < 1.29 is 4.79 Å². The second-order valence-electron chi connectivity index (χ2n) is 6.27. The van der Waals surface area contributed by atoms with Gasteiger partial charge in [-0.15, -0.1) is 0 Å². The topological polar surface area (TPSA) is 55.1 Å². The van der Waals surface area contributed by atoms with Crippen LogP contribution in [0, 0.1) is 11.8 Å². The van der Waals surface area contributed by atoms with Crippen molar-refractivity contribution in [2.45, 2.75) is 71.4 Å². The van der Waals surface area contributed by atoms with E-state index in [2.05, 4.69) is 33.0 Å². The first-order valence-electron chi connectivity index (χ1n) is 6.93. The summed E-state index contributed by atoms with van der Waals surface area (Å²) < 4.78 is 0. The molecule has 0 spiro atoms. The molecule has 3 atom stereocenters. The van der Waals surface area contributed by atoms with E-state index >= 15 is 0 Å². The Morgan fingerprint density at radius 1 is 1.41 bits per heavy atom. The first kappa shape index (κ1) is 14.5. The third-order valence-corrected chi connectivity index (χ3v) is 3.97. The van der Waals surface area contributed by atoms with Gasteiger partial charge in [-0.25, -0.2) is 0 Å². The predicted octanol–water partition coefficient (Wildman–Crippen LogP) is 2.44. The van der Waals surface area contributed by atoms with Gasteiger partial charge in [0.25, 0.3) is 0 Å². The largest absolute Gasteiger partial charge is 0.351 e. The van der Waals surface area contributed by atoms with Crippen molar-refractivity contribution in [1.29, 1.82) is 0 Å². The summed E-state index contributed by atoms with van der Waals surface area (Å²) in [5.74, 6) is 0.880. The maximum atomic E-state index is 12.2. The molecule has 0 radical (unpaired) electrons. The van der Waals surface area contributed by atoms with Crippen LogP contribution in [-0.2, 0) is 4.79 Å². The zero-order valence-electron chi connectivity index (χ0n) is 11.8. The summed E-state index contributed by atoms with van der Waals surface area (Å²) in [4.78, 5) is 12.2. The van der Waals surface area contributed by atoms with Crippen LogP contribution in [-0.4, -0.2) is 17.5 Å². The number of rotatable bonds is 4. The quantitative estimate of drug-likeness (QED) is 0.793. The molecule has 1 saturated carbocycles. The molecule has 3 N–H and O–H groups in total. The number of amides is 1. The smallest absolute Gasteiger partial charge is 0.223 e. The minimum Gasteiger partial charge on any atom is -0.351 e. The lowest BCUT2D eigenvalue weighted by Gasteiger charge is -2.34. The Labute approximate surface area is 106 Å². The molecule has 0 aromatic rings. The van der Waals surface area contributed by atoms with Gasteiger partial charge in [0.15, 0.2) is 0 Å². The first-order chi connectivity index (χ1) is 7.85. The normalized spacial score (nSPS) is 30.1. The summed E-state index contributed by atoms with van der Waals surface area (Å²) in [7, 11) is 0. The lowest BCUT2D eigenvalue weighted by molar-refractivity contribution is -0.128. The zero-order valence-corrected chi connectivity index (χ0v) is 11.8. The summed E-state index contributed by atoms with van der Waals surface area (Å²) >= 11 is 0. The van der Waals surface area contributed by atoms with Gasteiger partial charge < -0.3 is 11.1 Å². The number of nitrogens with two attached hydrogens (primary N) is 1. The lowest BCUT2D eigenvalue weighted by Crippen LogP contribution is -2.48. The van der Waals surface area contributed by atoms with Crippen molar-refractivity contribution in [1.82, 2.24) is 5.32 Å². The number of carbonyl (C=O) groups is 1. The minimum absolute atomic E-state index is 0.0843. The second kappa shape index (κ2) is 5.85. The summed E-state index contributed by atoms with van der Waals surface area (Å²) in [6, 6.07) is 0.189. The summed E-state index contributed by atoms with van der Waals surface area (Å²) in [5, 5.41) is 3.17. The number of hydrogen-bond donors (Lipinski definition) is 2. The monoisotopic (exact) mass is 240 g/mol. The van der Waals surface area contributed by atoms with Gasteiger partial charge in [0, 0.05) is 17.5 Å². The highest BCUT2D eigenvalue weighted by atomic mass is 16.2. The summed E-state index contributed by atoms with van der Waals surface area (Å²) in [6.07, 6.45) is 5.02. The molecule has 0 aliphatic heterocycles. The van der Waals surface area contributed by atoms with Gasteiger partial charge >= 0.3 is 0 Å². The van der Waals surface area contributed by atoms with Crippen molar-refractivity contribution >= 4 is 5.91 Å². The van der Waals surface area contributed by atoms with E-state index in [9.17, 15) is 4.79 Å². The maximum Gasteiger partial charge on any atom is 0.223 e.